The molecule has 0 aromatic heterocycles. The van der Waals surface area contributed by atoms with Gasteiger partial charge in [0.15, 0.2) is 9.84 Å². The molecular weight excluding hydrogens is 278 g/mol. The van der Waals surface area contributed by atoms with E-state index in [-0.39, 0.29) is 4.90 Å². The number of benzene rings is 1. The summed E-state index contributed by atoms with van der Waals surface area (Å²) in [5.74, 6) is 0.585. The van der Waals surface area contributed by atoms with E-state index in [0.717, 1.165) is 32.6 Å². The highest BCUT2D eigenvalue weighted by molar-refractivity contribution is 7.90. The standard InChI is InChI=1S/C14H21NO4S/c1-20(16,17)14-4-2-3-13(11-14)19-10-7-15-12-5-8-18-9-6-12/h2-4,11-12,15H,5-10H2,1H3. The molecule has 1 aliphatic rings. The first-order valence-corrected chi connectivity index (χ1v) is 8.69. The molecule has 0 bridgehead atoms. The molecule has 1 fully saturated rings. The molecule has 0 atom stereocenters. The van der Waals surface area contributed by atoms with Crippen molar-refractivity contribution in [2.75, 3.05) is 32.6 Å². The smallest absolute Gasteiger partial charge is 0.175 e. The van der Waals surface area contributed by atoms with Crippen LogP contribution in [0.1, 0.15) is 12.8 Å². The van der Waals surface area contributed by atoms with Crippen molar-refractivity contribution in [1.29, 1.82) is 0 Å². The molecule has 6 heteroatoms. The number of rotatable bonds is 6. The van der Waals surface area contributed by atoms with Gasteiger partial charge in [-0.2, -0.15) is 0 Å². The lowest BCUT2D eigenvalue weighted by molar-refractivity contribution is 0.0770. The molecule has 0 aliphatic carbocycles. The summed E-state index contributed by atoms with van der Waals surface area (Å²) < 4.78 is 33.8. The van der Waals surface area contributed by atoms with Gasteiger partial charge < -0.3 is 14.8 Å². The quantitative estimate of drug-likeness (QED) is 0.801. The lowest BCUT2D eigenvalue weighted by Crippen LogP contribution is -2.37. The minimum absolute atomic E-state index is 0.285. The Bertz CT molecular complexity index is 524. The summed E-state index contributed by atoms with van der Waals surface area (Å²) in [4.78, 5) is 0.285. The van der Waals surface area contributed by atoms with Gasteiger partial charge in [-0.1, -0.05) is 6.07 Å². The molecule has 0 amide bonds. The van der Waals surface area contributed by atoms with Gasteiger partial charge in [0.05, 0.1) is 4.90 Å². The maximum absolute atomic E-state index is 11.4. The number of sulfone groups is 1. The largest absolute Gasteiger partial charge is 0.492 e. The van der Waals surface area contributed by atoms with Crippen molar-refractivity contribution in [1.82, 2.24) is 5.32 Å². The van der Waals surface area contributed by atoms with Crippen molar-refractivity contribution in [2.24, 2.45) is 0 Å². The topological polar surface area (TPSA) is 64.6 Å². The van der Waals surface area contributed by atoms with E-state index in [1.807, 2.05) is 0 Å². The molecule has 0 radical (unpaired) electrons. The fourth-order valence-corrected chi connectivity index (χ4v) is 2.78. The van der Waals surface area contributed by atoms with Crippen LogP contribution in [0.4, 0.5) is 0 Å². The van der Waals surface area contributed by atoms with Crippen molar-refractivity contribution in [3.63, 3.8) is 0 Å². The van der Waals surface area contributed by atoms with E-state index in [0.29, 0.717) is 18.4 Å². The van der Waals surface area contributed by atoms with Gasteiger partial charge in [0, 0.05) is 32.1 Å². The van der Waals surface area contributed by atoms with Crippen LogP contribution in [0.25, 0.3) is 0 Å². The normalized spacial score (nSPS) is 17.1. The van der Waals surface area contributed by atoms with Gasteiger partial charge >= 0.3 is 0 Å². The molecule has 5 nitrogen and oxygen atoms in total. The molecule has 0 saturated carbocycles. The Balaban J connectivity index is 1.76. The number of hydrogen-bond donors (Lipinski definition) is 1. The maximum atomic E-state index is 11.4. The Hall–Kier alpha value is -1.11. The Morgan fingerprint density at radius 2 is 2.10 bits per heavy atom. The molecule has 112 valence electrons. The van der Waals surface area contributed by atoms with Crippen LogP contribution in [0.5, 0.6) is 5.75 Å². The summed E-state index contributed by atoms with van der Waals surface area (Å²) >= 11 is 0. The molecular formula is C14H21NO4S. The van der Waals surface area contributed by atoms with E-state index in [1.165, 1.54) is 6.26 Å². The Morgan fingerprint density at radius 3 is 2.80 bits per heavy atom. The van der Waals surface area contributed by atoms with Crippen LogP contribution in [-0.2, 0) is 14.6 Å². The van der Waals surface area contributed by atoms with Gasteiger partial charge in [-0.3, -0.25) is 0 Å². The third-order valence-electron chi connectivity index (χ3n) is 3.26. The van der Waals surface area contributed by atoms with Gasteiger partial charge in [-0.25, -0.2) is 8.42 Å². The van der Waals surface area contributed by atoms with Crippen LogP contribution in [0, 0.1) is 0 Å². The Kier molecular flexibility index (Phi) is 5.39. The van der Waals surface area contributed by atoms with Gasteiger partial charge in [-0.05, 0) is 31.0 Å². The summed E-state index contributed by atoms with van der Waals surface area (Å²) in [5.41, 5.74) is 0. The van der Waals surface area contributed by atoms with Gasteiger partial charge in [0.25, 0.3) is 0 Å². The second kappa shape index (κ2) is 7.06. The monoisotopic (exact) mass is 299 g/mol. The van der Waals surface area contributed by atoms with E-state index in [1.54, 1.807) is 24.3 Å². The minimum atomic E-state index is -3.18. The Labute approximate surface area is 120 Å². The Morgan fingerprint density at radius 1 is 1.35 bits per heavy atom. The highest BCUT2D eigenvalue weighted by Gasteiger charge is 2.12. The van der Waals surface area contributed by atoms with Crippen LogP contribution in [-0.4, -0.2) is 47.1 Å². The average Bonchev–Trinajstić information content (AvgIpc) is 2.44. The van der Waals surface area contributed by atoms with E-state index >= 15 is 0 Å². The fraction of sp³-hybridized carbons (Fsp3) is 0.571. The third-order valence-corrected chi connectivity index (χ3v) is 4.37. The summed E-state index contributed by atoms with van der Waals surface area (Å²) in [5, 5.41) is 3.41. The second-order valence-electron chi connectivity index (χ2n) is 4.94. The summed E-state index contributed by atoms with van der Waals surface area (Å²) in [6.07, 6.45) is 3.26. The first kappa shape index (κ1) is 15.3. The summed E-state index contributed by atoms with van der Waals surface area (Å²) in [6.45, 7) is 2.89. The zero-order chi connectivity index (χ0) is 14.4. The predicted octanol–water partition coefficient (Wildman–Crippen LogP) is 1.24. The number of hydrogen-bond acceptors (Lipinski definition) is 5. The third kappa shape index (κ3) is 4.77. The average molecular weight is 299 g/mol. The fourth-order valence-electron chi connectivity index (χ4n) is 2.13. The molecule has 1 aliphatic heterocycles. The van der Waals surface area contributed by atoms with E-state index in [9.17, 15) is 8.42 Å². The van der Waals surface area contributed by atoms with E-state index in [4.69, 9.17) is 9.47 Å². The van der Waals surface area contributed by atoms with Crippen molar-refractivity contribution in [3.05, 3.63) is 24.3 Å². The molecule has 1 N–H and O–H groups in total. The number of ether oxygens (including phenoxy) is 2. The van der Waals surface area contributed by atoms with E-state index in [2.05, 4.69) is 5.32 Å². The van der Waals surface area contributed by atoms with E-state index < -0.39 is 9.84 Å². The SMILES string of the molecule is CS(=O)(=O)c1cccc(OCCNC2CCOCC2)c1. The van der Waals surface area contributed by atoms with Crippen LogP contribution in [0.15, 0.2) is 29.2 Å². The minimum Gasteiger partial charge on any atom is -0.492 e. The van der Waals surface area contributed by atoms with Crippen molar-refractivity contribution >= 4 is 9.84 Å². The summed E-state index contributed by atoms with van der Waals surface area (Å²) in [6, 6.07) is 7.09. The maximum Gasteiger partial charge on any atom is 0.175 e. The molecule has 1 saturated heterocycles. The van der Waals surface area contributed by atoms with Crippen molar-refractivity contribution < 1.29 is 17.9 Å². The summed E-state index contributed by atoms with van der Waals surface area (Å²) in [7, 11) is -3.18. The lowest BCUT2D eigenvalue weighted by atomic mass is 10.1. The van der Waals surface area contributed by atoms with Gasteiger partial charge in [-0.15, -0.1) is 0 Å². The van der Waals surface area contributed by atoms with Crippen LogP contribution < -0.4 is 10.1 Å². The van der Waals surface area contributed by atoms with Crippen LogP contribution in [0.3, 0.4) is 0 Å². The van der Waals surface area contributed by atoms with Crippen molar-refractivity contribution in [2.45, 2.75) is 23.8 Å². The predicted molar refractivity (Wildman–Crippen MR) is 76.9 cm³/mol. The number of nitrogens with one attached hydrogen (secondary N) is 1. The first-order chi connectivity index (χ1) is 9.55. The van der Waals surface area contributed by atoms with Crippen molar-refractivity contribution in [3.8, 4) is 5.75 Å². The van der Waals surface area contributed by atoms with Gasteiger partial charge in [0.1, 0.15) is 12.4 Å². The zero-order valence-corrected chi connectivity index (χ0v) is 12.5. The molecule has 1 aromatic carbocycles. The van der Waals surface area contributed by atoms with Gasteiger partial charge in [0.2, 0.25) is 0 Å². The second-order valence-corrected chi connectivity index (χ2v) is 6.95. The molecule has 2 rings (SSSR count). The zero-order valence-electron chi connectivity index (χ0n) is 11.7. The molecule has 0 unspecified atom stereocenters. The molecule has 1 heterocycles. The molecule has 20 heavy (non-hydrogen) atoms. The first-order valence-electron chi connectivity index (χ1n) is 6.80. The highest BCUT2D eigenvalue weighted by atomic mass is 32.2. The van der Waals surface area contributed by atoms with Crippen LogP contribution in [0.2, 0.25) is 0 Å². The van der Waals surface area contributed by atoms with Crippen LogP contribution >= 0.6 is 0 Å². The highest BCUT2D eigenvalue weighted by Crippen LogP contribution is 2.17. The molecule has 0 spiro atoms. The lowest BCUT2D eigenvalue weighted by Gasteiger charge is -2.23. The molecule has 1 aromatic rings.